The van der Waals surface area contributed by atoms with Gasteiger partial charge >= 0.3 is 0 Å². The molecule has 0 radical (unpaired) electrons. The highest BCUT2D eigenvalue weighted by Crippen LogP contribution is 2.15. The number of piperidine rings is 1. The highest BCUT2D eigenvalue weighted by atomic mass is 127. The van der Waals surface area contributed by atoms with Crippen LogP contribution in [0.25, 0.3) is 0 Å². The molecule has 0 aromatic heterocycles. The number of hydrogen-bond donors (Lipinski definition) is 1. The first-order valence-electron chi connectivity index (χ1n) is 9.60. The highest BCUT2D eigenvalue weighted by Gasteiger charge is 2.22. The van der Waals surface area contributed by atoms with Gasteiger partial charge in [-0.25, -0.2) is 4.39 Å². The summed E-state index contributed by atoms with van der Waals surface area (Å²) in [5.41, 5.74) is 0. The lowest BCUT2D eigenvalue weighted by molar-refractivity contribution is 0.00984. The molecule has 1 N–H and O–H groups in total. The van der Waals surface area contributed by atoms with E-state index in [2.05, 4.69) is 15.2 Å². The molecular formula is C20H33FIN3O3. The maximum atomic E-state index is 13.2. The van der Waals surface area contributed by atoms with E-state index in [1.54, 1.807) is 26.3 Å². The molecule has 1 fully saturated rings. The lowest BCUT2D eigenvalue weighted by Gasteiger charge is -2.34. The van der Waals surface area contributed by atoms with Gasteiger partial charge in [-0.05, 0) is 38.3 Å². The average molecular weight is 509 g/mol. The Bertz CT molecular complexity index is 584. The van der Waals surface area contributed by atoms with Crippen molar-refractivity contribution in [1.29, 1.82) is 0 Å². The first-order valence-corrected chi connectivity index (χ1v) is 9.60. The number of nitrogens with zero attached hydrogens (tertiary/aromatic N) is 2. The fraction of sp³-hybridized carbons (Fsp3) is 0.650. The van der Waals surface area contributed by atoms with Crippen LogP contribution in [-0.2, 0) is 9.47 Å². The van der Waals surface area contributed by atoms with Crippen LogP contribution in [-0.4, -0.2) is 70.1 Å². The molecule has 160 valence electrons. The number of ether oxygens (including phenoxy) is 3. The first kappa shape index (κ1) is 24.9. The number of guanidine groups is 1. The Labute approximate surface area is 184 Å². The van der Waals surface area contributed by atoms with E-state index in [1.807, 2.05) is 6.92 Å². The number of aliphatic imine (C=N–C) groups is 1. The van der Waals surface area contributed by atoms with Gasteiger partial charge in [0.2, 0.25) is 0 Å². The molecule has 1 atom stereocenters. The van der Waals surface area contributed by atoms with Crippen molar-refractivity contribution < 1.29 is 18.6 Å². The van der Waals surface area contributed by atoms with Crippen LogP contribution in [0.2, 0.25) is 0 Å². The third-order valence-electron chi connectivity index (χ3n) is 4.48. The minimum atomic E-state index is -0.296. The number of halogens is 2. The number of likely N-dealkylation sites (tertiary alicyclic amines) is 1. The number of rotatable bonds is 9. The van der Waals surface area contributed by atoms with E-state index < -0.39 is 0 Å². The monoisotopic (exact) mass is 509 g/mol. The summed E-state index contributed by atoms with van der Waals surface area (Å²) in [7, 11) is 3.49. The molecule has 0 bridgehead atoms. The van der Waals surface area contributed by atoms with E-state index in [4.69, 9.17) is 14.2 Å². The van der Waals surface area contributed by atoms with Gasteiger partial charge in [0, 0.05) is 46.5 Å². The Balaban J connectivity index is 0.00000392. The van der Waals surface area contributed by atoms with E-state index in [0.29, 0.717) is 18.4 Å². The van der Waals surface area contributed by atoms with Crippen molar-refractivity contribution in [1.82, 2.24) is 10.2 Å². The van der Waals surface area contributed by atoms with E-state index in [9.17, 15) is 4.39 Å². The molecule has 6 nitrogen and oxygen atoms in total. The first-order chi connectivity index (χ1) is 13.1. The maximum absolute atomic E-state index is 13.2. The van der Waals surface area contributed by atoms with Crippen LogP contribution >= 0.6 is 24.0 Å². The molecule has 28 heavy (non-hydrogen) atoms. The summed E-state index contributed by atoms with van der Waals surface area (Å²) in [5.74, 6) is 1.10. The van der Waals surface area contributed by atoms with Crippen LogP contribution in [0.1, 0.15) is 26.2 Å². The van der Waals surface area contributed by atoms with Crippen molar-refractivity contribution in [3.05, 3.63) is 30.1 Å². The van der Waals surface area contributed by atoms with Gasteiger partial charge in [0.25, 0.3) is 0 Å². The van der Waals surface area contributed by atoms with E-state index >= 15 is 0 Å². The summed E-state index contributed by atoms with van der Waals surface area (Å²) >= 11 is 0. The largest absolute Gasteiger partial charge is 0.489 e. The van der Waals surface area contributed by atoms with E-state index in [-0.39, 0.29) is 35.9 Å². The van der Waals surface area contributed by atoms with E-state index in [0.717, 1.165) is 51.5 Å². The molecule has 1 aliphatic heterocycles. The Hall–Kier alpha value is -1.13. The second-order valence-corrected chi connectivity index (χ2v) is 6.72. The second kappa shape index (κ2) is 13.9. The predicted octanol–water partition coefficient (Wildman–Crippen LogP) is 3.30. The van der Waals surface area contributed by atoms with E-state index in [1.165, 1.54) is 12.1 Å². The van der Waals surface area contributed by atoms with Crippen LogP contribution in [0.5, 0.6) is 5.75 Å². The average Bonchev–Trinajstić information content (AvgIpc) is 2.67. The van der Waals surface area contributed by atoms with Gasteiger partial charge in [-0.2, -0.15) is 0 Å². The third-order valence-corrected chi connectivity index (χ3v) is 4.48. The van der Waals surface area contributed by atoms with Crippen LogP contribution in [0.15, 0.2) is 29.3 Å². The molecule has 1 saturated heterocycles. The van der Waals surface area contributed by atoms with Crippen LogP contribution < -0.4 is 10.1 Å². The van der Waals surface area contributed by atoms with Gasteiger partial charge in [0.05, 0.1) is 12.6 Å². The number of nitrogens with one attached hydrogen (secondary N) is 1. The second-order valence-electron chi connectivity index (χ2n) is 6.72. The molecule has 0 amide bonds. The molecular weight excluding hydrogens is 476 g/mol. The fourth-order valence-electron chi connectivity index (χ4n) is 3.07. The topological polar surface area (TPSA) is 55.3 Å². The summed E-state index contributed by atoms with van der Waals surface area (Å²) in [6.45, 7) is 5.86. The number of hydrogen-bond acceptors (Lipinski definition) is 4. The zero-order chi connectivity index (χ0) is 19.5. The van der Waals surface area contributed by atoms with Crippen molar-refractivity contribution >= 4 is 29.9 Å². The Morgan fingerprint density at radius 1 is 1.32 bits per heavy atom. The van der Waals surface area contributed by atoms with Crippen molar-refractivity contribution in [2.75, 3.05) is 47.0 Å². The highest BCUT2D eigenvalue weighted by molar-refractivity contribution is 14.0. The van der Waals surface area contributed by atoms with Crippen molar-refractivity contribution in [3.63, 3.8) is 0 Å². The summed E-state index contributed by atoms with van der Waals surface area (Å²) in [5, 5.41) is 3.35. The van der Waals surface area contributed by atoms with Gasteiger partial charge in [-0.1, -0.05) is 6.07 Å². The molecule has 8 heteroatoms. The molecule has 1 heterocycles. The quantitative estimate of drug-likeness (QED) is 0.240. The Morgan fingerprint density at radius 2 is 2.07 bits per heavy atom. The zero-order valence-corrected chi connectivity index (χ0v) is 19.4. The molecule has 2 rings (SSSR count). The minimum absolute atomic E-state index is 0. The molecule has 1 aliphatic rings. The van der Waals surface area contributed by atoms with Gasteiger partial charge in [0.15, 0.2) is 5.96 Å². The third kappa shape index (κ3) is 8.91. The van der Waals surface area contributed by atoms with Gasteiger partial charge < -0.3 is 24.4 Å². The molecule has 1 aromatic carbocycles. The zero-order valence-electron chi connectivity index (χ0n) is 17.0. The summed E-state index contributed by atoms with van der Waals surface area (Å²) in [4.78, 5) is 6.61. The van der Waals surface area contributed by atoms with Gasteiger partial charge in [-0.3, -0.25) is 4.99 Å². The molecule has 1 unspecified atom stereocenters. The van der Waals surface area contributed by atoms with Crippen molar-refractivity contribution in [2.45, 2.75) is 38.4 Å². The standard InChI is InChI=1S/C20H32FN3O3.HI/c1-16(27-19-7-4-6-17(21)14-19)15-23-20(22-2)24-10-8-18(9-11-24)26-13-5-12-25-3;/h4,6-7,14,16,18H,5,8-13,15H2,1-3H3,(H,22,23);1H. The van der Waals surface area contributed by atoms with Gasteiger partial charge in [0.1, 0.15) is 17.7 Å². The predicted molar refractivity (Wildman–Crippen MR) is 120 cm³/mol. The normalized spacial score (nSPS) is 16.4. The SMILES string of the molecule is CN=C(NCC(C)Oc1cccc(F)c1)N1CCC(OCCCOC)CC1.I. The fourth-order valence-corrected chi connectivity index (χ4v) is 3.07. The molecule has 0 spiro atoms. The van der Waals surface area contributed by atoms with Crippen LogP contribution in [0.4, 0.5) is 4.39 Å². The lowest BCUT2D eigenvalue weighted by Crippen LogP contribution is -2.48. The smallest absolute Gasteiger partial charge is 0.193 e. The molecule has 1 aromatic rings. The van der Waals surface area contributed by atoms with Crippen LogP contribution in [0.3, 0.4) is 0 Å². The maximum Gasteiger partial charge on any atom is 0.193 e. The lowest BCUT2D eigenvalue weighted by atomic mass is 10.1. The van der Waals surface area contributed by atoms with Gasteiger partial charge in [-0.15, -0.1) is 24.0 Å². The molecule has 0 saturated carbocycles. The molecule has 0 aliphatic carbocycles. The Kier molecular flexibility index (Phi) is 12.4. The summed E-state index contributed by atoms with van der Waals surface area (Å²) in [6, 6.07) is 6.20. The van der Waals surface area contributed by atoms with Crippen molar-refractivity contribution in [3.8, 4) is 5.75 Å². The summed E-state index contributed by atoms with van der Waals surface area (Å²) < 4.78 is 29.9. The van der Waals surface area contributed by atoms with Crippen LogP contribution in [0, 0.1) is 5.82 Å². The minimum Gasteiger partial charge on any atom is -0.489 e. The van der Waals surface area contributed by atoms with Crippen molar-refractivity contribution in [2.24, 2.45) is 4.99 Å². The summed E-state index contributed by atoms with van der Waals surface area (Å²) in [6.07, 6.45) is 3.12. The Morgan fingerprint density at radius 3 is 2.71 bits per heavy atom. The number of methoxy groups -OCH3 is 1. The number of benzene rings is 1.